The summed E-state index contributed by atoms with van der Waals surface area (Å²) in [5.41, 5.74) is -1.12. The van der Waals surface area contributed by atoms with Crippen LogP contribution < -0.4 is 0 Å². The standard InChI is InChI=1S/C6H9O3/c1-6(2,4-7)5(8)9-3/h1-3H3. The van der Waals surface area contributed by atoms with Crippen molar-refractivity contribution >= 4 is 12.3 Å². The lowest BCUT2D eigenvalue weighted by Gasteiger charge is -2.10. The highest BCUT2D eigenvalue weighted by atomic mass is 16.5. The Labute approximate surface area is 54.0 Å². The van der Waals surface area contributed by atoms with Gasteiger partial charge in [0.25, 0.3) is 0 Å². The second kappa shape index (κ2) is 2.62. The van der Waals surface area contributed by atoms with Gasteiger partial charge >= 0.3 is 5.97 Å². The first-order valence-electron chi connectivity index (χ1n) is 2.52. The number of hydrogen-bond acceptors (Lipinski definition) is 3. The average molecular weight is 129 g/mol. The van der Waals surface area contributed by atoms with Crippen LogP contribution in [0, 0.1) is 5.41 Å². The van der Waals surface area contributed by atoms with Gasteiger partial charge in [-0.15, -0.1) is 0 Å². The zero-order chi connectivity index (χ0) is 7.49. The van der Waals surface area contributed by atoms with Gasteiger partial charge in [-0.25, -0.2) is 0 Å². The third-order valence-corrected chi connectivity index (χ3v) is 0.951. The molecule has 0 atom stereocenters. The number of ether oxygens (including phenoxy) is 1. The van der Waals surface area contributed by atoms with E-state index < -0.39 is 11.4 Å². The molecule has 0 aromatic rings. The van der Waals surface area contributed by atoms with Crippen molar-refractivity contribution in [1.82, 2.24) is 0 Å². The van der Waals surface area contributed by atoms with Gasteiger partial charge in [0.15, 0.2) is 0 Å². The van der Waals surface area contributed by atoms with E-state index in [4.69, 9.17) is 0 Å². The van der Waals surface area contributed by atoms with E-state index in [1.165, 1.54) is 21.0 Å². The molecule has 1 radical (unpaired) electrons. The SMILES string of the molecule is COC(=O)C(C)(C)[C]=O. The maximum Gasteiger partial charge on any atom is 0.319 e. The number of carbonyl (C=O) groups is 1. The molecule has 0 heterocycles. The van der Waals surface area contributed by atoms with Crippen LogP contribution in [-0.2, 0) is 14.3 Å². The lowest BCUT2D eigenvalue weighted by molar-refractivity contribution is -0.146. The second-order valence-electron chi connectivity index (χ2n) is 2.22. The normalized spacial score (nSPS) is 10.6. The molecule has 0 saturated carbocycles. The van der Waals surface area contributed by atoms with E-state index in [0.29, 0.717) is 0 Å². The summed E-state index contributed by atoms with van der Waals surface area (Å²) in [5.74, 6) is -0.558. The van der Waals surface area contributed by atoms with Crippen LogP contribution in [0.4, 0.5) is 0 Å². The van der Waals surface area contributed by atoms with Gasteiger partial charge in [0, 0.05) is 0 Å². The van der Waals surface area contributed by atoms with E-state index in [1.54, 1.807) is 6.29 Å². The molecule has 0 aliphatic heterocycles. The summed E-state index contributed by atoms with van der Waals surface area (Å²) in [5, 5.41) is 0. The fourth-order valence-electron chi connectivity index (χ4n) is 0.297. The minimum Gasteiger partial charge on any atom is -0.468 e. The van der Waals surface area contributed by atoms with E-state index >= 15 is 0 Å². The van der Waals surface area contributed by atoms with Crippen molar-refractivity contribution in [2.45, 2.75) is 13.8 Å². The van der Waals surface area contributed by atoms with E-state index in [1.807, 2.05) is 0 Å². The Balaban J connectivity index is 4.14. The number of rotatable bonds is 2. The zero-order valence-electron chi connectivity index (χ0n) is 5.72. The molecule has 0 aromatic heterocycles. The molecule has 0 N–H and O–H groups in total. The molecular formula is C6H9O3. The summed E-state index contributed by atoms with van der Waals surface area (Å²) in [6, 6.07) is 0. The van der Waals surface area contributed by atoms with Crippen LogP contribution >= 0.6 is 0 Å². The Morgan fingerprint density at radius 1 is 1.56 bits per heavy atom. The Morgan fingerprint density at radius 2 is 2.00 bits per heavy atom. The van der Waals surface area contributed by atoms with Gasteiger partial charge in [0.1, 0.15) is 5.41 Å². The van der Waals surface area contributed by atoms with Gasteiger partial charge in [-0.3, -0.25) is 9.59 Å². The molecule has 0 fully saturated rings. The highest BCUT2D eigenvalue weighted by Gasteiger charge is 2.28. The Hall–Kier alpha value is -0.860. The first kappa shape index (κ1) is 8.14. The van der Waals surface area contributed by atoms with Crippen LogP contribution in [0.2, 0.25) is 0 Å². The summed E-state index contributed by atoms with van der Waals surface area (Å²) in [6.07, 6.45) is 1.57. The molecule has 0 bridgehead atoms. The molecule has 3 nitrogen and oxygen atoms in total. The van der Waals surface area contributed by atoms with Crippen LogP contribution in [0.1, 0.15) is 13.8 Å². The van der Waals surface area contributed by atoms with Crippen molar-refractivity contribution < 1.29 is 14.3 Å². The van der Waals surface area contributed by atoms with Crippen molar-refractivity contribution in [2.24, 2.45) is 5.41 Å². The summed E-state index contributed by atoms with van der Waals surface area (Å²) in [7, 11) is 1.24. The molecule has 0 aromatic carbocycles. The first-order chi connectivity index (χ1) is 4.04. The third kappa shape index (κ3) is 1.83. The molecule has 0 rings (SSSR count). The van der Waals surface area contributed by atoms with Gasteiger partial charge in [-0.2, -0.15) is 0 Å². The smallest absolute Gasteiger partial charge is 0.319 e. The summed E-state index contributed by atoms with van der Waals surface area (Å²) < 4.78 is 4.30. The van der Waals surface area contributed by atoms with Gasteiger partial charge in [-0.05, 0) is 13.8 Å². The molecule has 3 heteroatoms. The maximum absolute atomic E-state index is 10.6. The largest absolute Gasteiger partial charge is 0.468 e. The quantitative estimate of drug-likeness (QED) is 0.397. The lowest BCUT2D eigenvalue weighted by Crippen LogP contribution is -2.26. The van der Waals surface area contributed by atoms with E-state index in [9.17, 15) is 9.59 Å². The molecule has 0 amide bonds. The molecule has 0 unspecified atom stereocenters. The van der Waals surface area contributed by atoms with Crippen LogP contribution in [0.3, 0.4) is 0 Å². The minimum absolute atomic E-state index is 0.558. The van der Waals surface area contributed by atoms with Crippen molar-refractivity contribution in [3.63, 3.8) is 0 Å². The Morgan fingerprint density at radius 3 is 2.11 bits per heavy atom. The first-order valence-corrected chi connectivity index (χ1v) is 2.52. The van der Waals surface area contributed by atoms with Crippen LogP contribution in [-0.4, -0.2) is 19.4 Å². The van der Waals surface area contributed by atoms with Gasteiger partial charge < -0.3 is 4.74 Å². The topological polar surface area (TPSA) is 43.4 Å². The monoisotopic (exact) mass is 129 g/mol. The molecule has 0 saturated heterocycles. The van der Waals surface area contributed by atoms with E-state index in [2.05, 4.69) is 4.74 Å². The Bertz CT molecular complexity index is 126. The number of methoxy groups -OCH3 is 1. The average Bonchev–Trinajstić information content (AvgIpc) is 1.86. The highest BCUT2D eigenvalue weighted by Crippen LogP contribution is 2.11. The second-order valence-corrected chi connectivity index (χ2v) is 2.22. The van der Waals surface area contributed by atoms with Crippen molar-refractivity contribution in [3.8, 4) is 0 Å². The summed E-state index contributed by atoms with van der Waals surface area (Å²) in [4.78, 5) is 20.6. The third-order valence-electron chi connectivity index (χ3n) is 0.951. The molecular weight excluding hydrogens is 120 g/mol. The van der Waals surface area contributed by atoms with Gasteiger partial charge in [0.2, 0.25) is 6.29 Å². The summed E-state index contributed by atoms with van der Waals surface area (Å²) in [6.45, 7) is 2.90. The number of carbonyl (C=O) groups excluding carboxylic acids is 2. The van der Waals surface area contributed by atoms with E-state index in [-0.39, 0.29) is 0 Å². The zero-order valence-corrected chi connectivity index (χ0v) is 5.72. The van der Waals surface area contributed by atoms with E-state index in [0.717, 1.165) is 0 Å². The predicted molar refractivity (Wildman–Crippen MR) is 31.5 cm³/mol. The lowest BCUT2D eigenvalue weighted by atomic mass is 9.97. The minimum atomic E-state index is -1.12. The molecule has 0 spiro atoms. The van der Waals surface area contributed by atoms with Crippen LogP contribution in [0.15, 0.2) is 0 Å². The fourth-order valence-corrected chi connectivity index (χ4v) is 0.297. The predicted octanol–water partition coefficient (Wildman–Crippen LogP) is 0.295. The molecule has 51 valence electrons. The fraction of sp³-hybridized carbons (Fsp3) is 0.667. The van der Waals surface area contributed by atoms with Crippen molar-refractivity contribution in [2.75, 3.05) is 7.11 Å². The van der Waals surface area contributed by atoms with Crippen LogP contribution in [0.5, 0.6) is 0 Å². The number of hydrogen-bond donors (Lipinski definition) is 0. The Kier molecular flexibility index (Phi) is 2.37. The summed E-state index contributed by atoms with van der Waals surface area (Å²) >= 11 is 0. The molecule has 0 aliphatic rings. The van der Waals surface area contributed by atoms with Crippen molar-refractivity contribution in [3.05, 3.63) is 0 Å². The van der Waals surface area contributed by atoms with Crippen molar-refractivity contribution in [1.29, 1.82) is 0 Å². The highest BCUT2D eigenvalue weighted by molar-refractivity contribution is 5.92. The molecule has 9 heavy (non-hydrogen) atoms. The van der Waals surface area contributed by atoms with Gasteiger partial charge in [0.05, 0.1) is 7.11 Å². The maximum atomic E-state index is 10.6. The number of esters is 1. The van der Waals surface area contributed by atoms with Crippen LogP contribution in [0.25, 0.3) is 0 Å². The van der Waals surface area contributed by atoms with Gasteiger partial charge in [-0.1, -0.05) is 0 Å². The molecule has 0 aliphatic carbocycles.